The van der Waals surface area contributed by atoms with Gasteiger partial charge in [-0.2, -0.15) is 26.2 Å². The Hall–Kier alpha value is -1.25. The molecule has 0 bridgehead atoms. The van der Waals surface area contributed by atoms with Gasteiger partial charge in [-0.3, -0.25) is 0 Å². The zero-order chi connectivity index (χ0) is 15.6. The van der Waals surface area contributed by atoms with Crippen molar-refractivity contribution in [2.75, 3.05) is 14.1 Å². The molecule has 0 saturated carbocycles. The lowest BCUT2D eigenvalue weighted by molar-refractivity contribution is -0.0499. The van der Waals surface area contributed by atoms with Crippen LogP contribution in [0.5, 0.6) is 5.75 Å². The topological polar surface area (TPSA) is 58.6 Å². The molecule has 0 heterocycles. The zero-order valence-corrected chi connectivity index (χ0v) is 12.7. The van der Waals surface area contributed by atoms with E-state index in [1.54, 1.807) is 12.1 Å². The highest BCUT2D eigenvalue weighted by Crippen LogP contribution is 2.33. The molecule has 2 rings (SSSR count). The fraction of sp³-hybridized carbons (Fsp3) is 0.538. The molecule has 1 aliphatic rings. The van der Waals surface area contributed by atoms with Crippen LogP contribution < -0.4 is 9.46 Å². The van der Waals surface area contributed by atoms with Gasteiger partial charge in [-0.1, -0.05) is 6.07 Å². The molecule has 5 nitrogen and oxygen atoms in total. The van der Waals surface area contributed by atoms with Gasteiger partial charge < -0.3 is 4.74 Å². The van der Waals surface area contributed by atoms with Crippen molar-refractivity contribution >= 4 is 10.2 Å². The first-order valence-corrected chi connectivity index (χ1v) is 8.01. The molecule has 1 atom stereocenters. The van der Waals surface area contributed by atoms with Crippen LogP contribution in [0.3, 0.4) is 0 Å². The van der Waals surface area contributed by atoms with Gasteiger partial charge in [0, 0.05) is 20.1 Å². The molecule has 1 N–H and O–H groups in total. The average Bonchev–Trinajstić information content (AvgIpc) is 2.37. The van der Waals surface area contributed by atoms with Crippen molar-refractivity contribution in [3.63, 3.8) is 0 Å². The number of alkyl halides is 2. The van der Waals surface area contributed by atoms with Crippen LogP contribution in [0.1, 0.15) is 30.0 Å². The van der Waals surface area contributed by atoms with Crippen molar-refractivity contribution in [2.45, 2.75) is 31.9 Å². The van der Waals surface area contributed by atoms with Crippen molar-refractivity contribution in [1.29, 1.82) is 0 Å². The Bertz CT molecular complexity index is 605. The van der Waals surface area contributed by atoms with Crippen molar-refractivity contribution in [3.05, 3.63) is 29.3 Å². The second-order valence-corrected chi connectivity index (χ2v) is 7.01. The summed E-state index contributed by atoms with van der Waals surface area (Å²) in [6.45, 7) is -2.87. The molecule has 0 aromatic heterocycles. The Labute approximate surface area is 123 Å². The van der Waals surface area contributed by atoms with Crippen LogP contribution in [0.25, 0.3) is 0 Å². The van der Waals surface area contributed by atoms with Crippen LogP contribution in [0.2, 0.25) is 0 Å². The van der Waals surface area contributed by atoms with Crippen LogP contribution in [0.4, 0.5) is 8.78 Å². The van der Waals surface area contributed by atoms with E-state index in [4.69, 9.17) is 0 Å². The van der Waals surface area contributed by atoms with Crippen LogP contribution in [0.15, 0.2) is 18.2 Å². The number of fused-ring (bicyclic) bond motifs is 1. The Balaban J connectivity index is 2.24. The third-order valence-corrected chi connectivity index (χ3v) is 4.97. The Morgan fingerprint density at radius 3 is 2.71 bits per heavy atom. The lowest BCUT2D eigenvalue weighted by Gasteiger charge is -2.27. The molecule has 0 fully saturated rings. The highest BCUT2D eigenvalue weighted by atomic mass is 32.2. The summed E-state index contributed by atoms with van der Waals surface area (Å²) in [4.78, 5) is 0. The Kier molecular flexibility index (Phi) is 4.80. The monoisotopic (exact) mass is 320 g/mol. The van der Waals surface area contributed by atoms with E-state index in [0.29, 0.717) is 6.42 Å². The number of nitrogens with zero attached hydrogens (tertiary/aromatic N) is 1. The minimum absolute atomic E-state index is 0.0971. The molecule has 0 spiro atoms. The van der Waals surface area contributed by atoms with E-state index in [1.807, 2.05) is 0 Å². The van der Waals surface area contributed by atoms with Gasteiger partial charge in [0.2, 0.25) is 0 Å². The molecule has 0 aliphatic heterocycles. The first-order chi connectivity index (χ1) is 9.79. The molecule has 8 heteroatoms. The van der Waals surface area contributed by atoms with Crippen LogP contribution in [0, 0.1) is 0 Å². The predicted molar refractivity (Wildman–Crippen MR) is 74.5 cm³/mol. The largest absolute Gasteiger partial charge is 0.435 e. The molecule has 118 valence electrons. The van der Waals surface area contributed by atoms with Gasteiger partial charge in [-0.15, -0.1) is 0 Å². The number of hydrogen-bond acceptors (Lipinski definition) is 3. The Morgan fingerprint density at radius 2 is 2.10 bits per heavy atom. The van der Waals surface area contributed by atoms with Gasteiger partial charge in [-0.05, 0) is 42.5 Å². The lowest BCUT2D eigenvalue weighted by atomic mass is 9.88. The summed E-state index contributed by atoms with van der Waals surface area (Å²) in [6.07, 6.45) is 2.18. The van der Waals surface area contributed by atoms with Gasteiger partial charge in [0.25, 0.3) is 10.2 Å². The van der Waals surface area contributed by atoms with Crippen molar-refractivity contribution < 1.29 is 21.9 Å². The molecule has 0 unspecified atom stereocenters. The Morgan fingerprint density at radius 1 is 1.38 bits per heavy atom. The second-order valence-electron chi connectivity index (χ2n) is 5.09. The summed E-state index contributed by atoms with van der Waals surface area (Å²) in [5, 5.41) is 0. The number of benzene rings is 1. The second kappa shape index (κ2) is 6.25. The van der Waals surface area contributed by atoms with Crippen molar-refractivity contribution in [3.8, 4) is 5.75 Å². The fourth-order valence-corrected chi connectivity index (χ4v) is 3.19. The van der Waals surface area contributed by atoms with E-state index >= 15 is 0 Å². The first kappa shape index (κ1) is 16.1. The van der Waals surface area contributed by atoms with E-state index in [2.05, 4.69) is 9.46 Å². The summed E-state index contributed by atoms with van der Waals surface area (Å²) in [5.74, 6) is 0.0971. The van der Waals surface area contributed by atoms with E-state index in [-0.39, 0.29) is 11.8 Å². The van der Waals surface area contributed by atoms with Crippen molar-refractivity contribution in [1.82, 2.24) is 9.03 Å². The van der Waals surface area contributed by atoms with Gasteiger partial charge in [0.15, 0.2) is 0 Å². The van der Waals surface area contributed by atoms with Gasteiger partial charge in [-0.25, -0.2) is 0 Å². The number of halogens is 2. The standard InChI is InChI=1S/C13H18F2N2O3S/c1-17(2)21(18,19)16-12-5-3-4-9-8-10(20-13(14)15)6-7-11(9)12/h6-8,12-13,16H,3-5H2,1-2H3/t12-/m0/s1. The molecular formula is C13H18F2N2O3S. The number of aryl methyl sites for hydroxylation is 1. The van der Waals surface area contributed by atoms with E-state index < -0.39 is 16.8 Å². The van der Waals surface area contributed by atoms with Crippen LogP contribution in [-0.2, 0) is 16.6 Å². The van der Waals surface area contributed by atoms with Gasteiger partial charge in [0.1, 0.15) is 5.75 Å². The maximum Gasteiger partial charge on any atom is 0.387 e. The number of rotatable bonds is 5. The normalized spacial score (nSPS) is 18.9. The molecule has 21 heavy (non-hydrogen) atoms. The summed E-state index contributed by atoms with van der Waals surface area (Å²) in [7, 11) is -0.637. The molecule has 1 aromatic rings. The minimum Gasteiger partial charge on any atom is -0.435 e. The molecule has 0 radical (unpaired) electrons. The fourth-order valence-electron chi connectivity index (χ4n) is 2.37. The van der Waals surface area contributed by atoms with Crippen LogP contribution >= 0.6 is 0 Å². The highest BCUT2D eigenvalue weighted by Gasteiger charge is 2.26. The number of hydrogen-bond donors (Lipinski definition) is 1. The molecule has 0 saturated heterocycles. The highest BCUT2D eigenvalue weighted by molar-refractivity contribution is 7.87. The average molecular weight is 320 g/mol. The molecule has 1 aromatic carbocycles. The maximum atomic E-state index is 12.2. The predicted octanol–water partition coefficient (Wildman–Crippen LogP) is 2.06. The van der Waals surface area contributed by atoms with E-state index in [0.717, 1.165) is 28.3 Å². The van der Waals surface area contributed by atoms with Gasteiger partial charge >= 0.3 is 6.61 Å². The smallest absolute Gasteiger partial charge is 0.387 e. The van der Waals surface area contributed by atoms with Crippen molar-refractivity contribution in [2.24, 2.45) is 0 Å². The maximum absolute atomic E-state index is 12.2. The summed E-state index contributed by atoms with van der Waals surface area (Å²) in [5.41, 5.74) is 1.65. The summed E-state index contributed by atoms with van der Waals surface area (Å²) < 4.78 is 56.4. The quantitative estimate of drug-likeness (QED) is 0.903. The summed E-state index contributed by atoms with van der Waals surface area (Å²) >= 11 is 0. The molecule has 1 aliphatic carbocycles. The number of nitrogens with one attached hydrogen (secondary N) is 1. The summed E-state index contributed by atoms with van der Waals surface area (Å²) in [6, 6.07) is 4.29. The molecule has 0 amide bonds. The van der Waals surface area contributed by atoms with E-state index in [1.165, 1.54) is 20.2 Å². The van der Waals surface area contributed by atoms with E-state index in [9.17, 15) is 17.2 Å². The minimum atomic E-state index is -3.54. The molecular weight excluding hydrogens is 302 g/mol. The number of ether oxygens (including phenoxy) is 1. The van der Waals surface area contributed by atoms with Gasteiger partial charge in [0.05, 0.1) is 0 Å². The zero-order valence-electron chi connectivity index (χ0n) is 11.8. The first-order valence-electron chi connectivity index (χ1n) is 6.57. The SMILES string of the molecule is CN(C)S(=O)(=O)N[C@H]1CCCc2cc(OC(F)F)ccc21. The third kappa shape index (κ3) is 3.90. The third-order valence-electron chi connectivity index (χ3n) is 3.43. The lowest BCUT2D eigenvalue weighted by Crippen LogP contribution is -2.39. The van der Waals surface area contributed by atoms with Crippen LogP contribution in [-0.4, -0.2) is 33.4 Å².